The van der Waals surface area contributed by atoms with E-state index in [1.54, 1.807) is 6.26 Å². The maximum absolute atomic E-state index is 6.26. The van der Waals surface area contributed by atoms with Crippen LogP contribution in [0.4, 0.5) is 0 Å². The quantitative estimate of drug-likeness (QED) is 0.525. The Labute approximate surface area is 171 Å². The molecular formula is C22H19BrN2O3. The third-order valence-corrected chi connectivity index (χ3v) is 5.53. The number of rotatable bonds is 4. The highest BCUT2D eigenvalue weighted by Crippen LogP contribution is 2.48. The molecule has 0 spiro atoms. The highest BCUT2D eigenvalue weighted by atomic mass is 79.9. The standard InChI is InChI=1S/C22H19BrN2O3/c1-2-26-16-8-5-14(6-9-16)18-13-19-17-12-15(23)7-10-20(17)28-22(25(19)24-18)21-4-3-11-27-21/h3-12,19,22H,2,13H2,1H3/t19-,22+/m1/s1. The Morgan fingerprint density at radius 3 is 2.79 bits per heavy atom. The van der Waals surface area contributed by atoms with Crippen LogP contribution < -0.4 is 9.47 Å². The Hall–Kier alpha value is -2.73. The van der Waals surface area contributed by atoms with Crippen LogP contribution in [0, 0.1) is 0 Å². The molecule has 0 aliphatic carbocycles. The van der Waals surface area contributed by atoms with E-state index in [1.807, 2.05) is 48.3 Å². The molecule has 142 valence electrons. The van der Waals surface area contributed by atoms with Crippen molar-refractivity contribution in [3.05, 3.63) is 82.2 Å². The zero-order chi connectivity index (χ0) is 19.1. The number of ether oxygens (including phenoxy) is 2. The Bertz CT molecular complexity index is 1010. The SMILES string of the molecule is CCOc1ccc(C2=NN3[C@H](C2)c2cc(Br)ccc2O[C@H]3c2ccco2)cc1. The van der Waals surface area contributed by atoms with E-state index in [4.69, 9.17) is 19.0 Å². The summed E-state index contributed by atoms with van der Waals surface area (Å²) in [6, 6.07) is 18.1. The average molecular weight is 439 g/mol. The van der Waals surface area contributed by atoms with Crippen molar-refractivity contribution in [3.8, 4) is 11.5 Å². The summed E-state index contributed by atoms with van der Waals surface area (Å²) >= 11 is 3.58. The lowest BCUT2D eigenvalue weighted by molar-refractivity contribution is -0.0325. The summed E-state index contributed by atoms with van der Waals surface area (Å²) < 4.78 is 18.5. The molecule has 0 bridgehead atoms. The molecule has 6 heteroatoms. The van der Waals surface area contributed by atoms with E-state index >= 15 is 0 Å². The Morgan fingerprint density at radius 2 is 2.04 bits per heavy atom. The summed E-state index contributed by atoms with van der Waals surface area (Å²) in [5.41, 5.74) is 3.25. The van der Waals surface area contributed by atoms with Crippen LogP contribution in [0.1, 0.15) is 42.5 Å². The molecule has 0 saturated heterocycles. The molecule has 0 amide bonds. The molecule has 1 aromatic heterocycles. The zero-order valence-corrected chi connectivity index (χ0v) is 16.9. The summed E-state index contributed by atoms with van der Waals surface area (Å²) in [6.45, 7) is 2.64. The van der Waals surface area contributed by atoms with Gasteiger partial charge in [-0.05, 0) is 67.1 Å². The fourth-order valence-electron chi connectivity index (χ4n) is 3.76. The van der Waals surface area contributed by atoms with Crippen LogP contribution in [0.15, 0.2) is 74.9 Å². The van der Waals surface area contributed by atoms with Gasteiger partial charge in [-0.15, -0.1) is 0 Å². The number of hydrogen-bond donors (Lipinski definition) is 0. The van der Waals surface area contributed by atoms with E-state index in [1.165, 1.54) is 0 Å². The van der Waals surface area contributed by atoms with Gasteiger partial charge >= 0.3 is 0 Å². The second-order valence-electron chi connectivity index (χ2n) is 6.77. The van der Waals surface area contributed by atoms with Crippen LogP contribution >= 0.6 is 15.9 Å². The molecule has 2 aliphatic heterocycles. The van der Waals surface area contributed by atoms with Gasteiger partial charge in [0, 0.05) is 16.5 Å². The summed E-state index contributed by atoms with van der Waals surface area (Å²) in [7, 11) is 0. The van der Waals surface area contributed by atoms with Crippen molar-refractivity contribution in [2.45, 2.75) is 25.6 Å². The van der Waals surface area contributed by atoms with Gasteiger partial charge in [-0.3, -0.25) is 0 Å². The van der Waals surface area contributed by atoms with E-state index in [0.717, 1.165) is 45.0 Å². The van der Waals surface area contributed by atoms with Gasteiger partial charge in [-0.25, -0.2) is 5.01 Å². The fourth-order valence-corrected chi connectivity index (χ4v) is 4.14. The number of halogens is 1. The lowest BCUT2D eigenvalue weighted by atomic mass is 9.96. The van der Waals surface area contributed by atoms with Crippen molar-refractivity contribution in [1.82, 2.24) is 5.01 Å². The number of benzene rings is 2. The monoisotopic (exact) mass is 438 g/mol. The molecule has 28 heavy (non-hydrogen) atoms. The van der Waals surface area contributed by atoms with Crippen molar-refractivity contribution in [1.29, 1.82) is 0 Å². The van der Waals surface area contributed by atoms with Gasteiger partial charge in [0.05, 0.1) is 24.6 Å². The predicted molar refractivity (Wildman–Crippen MR) is 110 cm³/mol. The molecule has 3 heterocycles. The highest BCUT2D eigenvalue weighted by Gasteiger charge is 2.42. The van der Waals surface area contributed by atoms with Gasteiger partial charge in [0.15, 0.2) is 5.76 Å². The smallest absolute Gasteiger partial charge is 0.246 e. The zero-order valence-electron chi connectivity index (χ0n) is 15.3. The van der Waals surface area contributed by atoms with Crippen LogP contribution in [0.3, 0.4) is 0 Å². The van der Waals surface area contributed by atoms with E-state index in [2.05, 4.69) is 34.1 Å². The molecule has 0 saturated carbocycles. The Balaban J connectivity index is 1.53. The molecule has 5 rings (SSSR count). The fraction of sp³-hybridized carbons (Fsp3) is 0.227. The number of hydrogen-bond acceptors (Lipinski definition) is 5. The molecule has 2 aromatic carbocycles. The molecule has 2 atom stereocenters. The second kappa shape index (κ2) is 7.02. The van der Waals surface area contributed by atoms with Crippen LogP contribution in [-0.2, 0) is 0 Å². The van der Waals surface area contributed by atoms with Crippen molar-refractivity contribution in [3.63, 3.8) is 0 Å². The van der Waals surface area contributed by atoms with Crippen LogP contribution in [0.5, 0.6) is 11.5 Å². The second-order valence-corrected chi connectivity index (χ2v) is 7.69. The van der Waals surface area contributed by atoms with Gasteiger partial charge in [0.2, 0.25) is 6.23 Å². The largest absolute Gasteiger partial charge is 0.494 e. The Kier molecular flexibility index (Phi) is 4.36. The number of hydrazone groups is 1. The first-order valence-electron chi connectivity index (χ1n) is 9.31. The molecule has 0 fully saturated rings. The number of furan rings is 1. The molecule has 2 aliphatic rings. The van der Waals surface area contributed by atoms with Gasteiger partial charge in [0.1, 0.15) is 11.5 Å². The van der Waals surface area contributed by atoms with Crippen LogP contribution in [-0.4, -0.2) is 17.3 Å². The number of fused-ring (bicyclic) bond motifs is 3. The number of nitrogens with zero attached hydrogens (tertiary/aromatic N) is 2. The summed E-state index contributed by atoms with van der Waals surface area (Å²) in [6.07, 6.45) is 2.09. The van der Waals surface area contributed by atoms with Crippen molar-refractivity contribution in [2.24, 2.45) is 5.10 Å². The van der Waals surface area contributed by atoms with Crippen molar-refractivity contribution >= 4 is 21.6 Å². The molecule has 0 N–H and O–H groups in total. The van der Waals surface area contributed by atoms with E-state index in [9.17, 15) is 0 Å². The average Bonchev–Trinajstić information content (AvgIpc) is 3.39. The van der Waals surface area contributed by atoms with E-state index in [-0.39, 0.29) is 12.3 Å². The normalized spacial score (nSPS) is 20.2. The molecule has 5 nitrogen and oxygen atoms in total. The summed E-state index contributed by atoms with van der Waals surface area (Å²) in [5, 5.41) is 6.94. The summed E-state index contributed by atoms with van der Waals surface area (Å²) in [4.78, 5) is 0. The van der Waals surface area contributed by atoms with Gasteiger partial charge < -0.3 is 13.9 Å². The van der Waals surface area contributed by atoms with Crippen molar-refractivity contribution < 1.29 is 13.9 Å². The van der Waals surface area contributed by atoms with E-state index in [0.29, 0.717) is 6.61 Å². The highest BCUT2D eigenvalue weighted by molar-refractivity contribution is 9.10. The third kappa shape index (κ3) is 2.98. The van der Waals surface area contributed by atoms with Crippen LogP contribution in [0.25, 0.3) is 0 Å². The van der Waals surface area contributed by atoms with Crippen LogP contribution in [0.2, 0.25) is 0 Å². The first kappa shape index (κ1) is 17.4. The lowest BCUT2D eigenvalue weighted by Crippen LogP contribution is -2.33. The first-order chi connectivity index (χ1) is 13.7. The van der Waals surface area contributed by atoms with Gasteiger partial charge in [-0.1, -0.05) is 15.9 Å². The maximum atomic E-state index is 6.26. The van der Waals surface area contributed by atoms with E-state index < -0.39 is 0 Å². The molecule has 3 aromatic rings. The Morgan fingerprint density at radius 1 is 1.18 bits per heavy atom. The van der Waals surface area contributed by atoms with Gasteiger partial charge in [-0.2, -0.15) is 5.10 Å². The van der Waals surface area contributed by atoms with Crippen molar-refractivity contribution in [2.75, 3.05) is 6.61 Å². The minimum atomic E-state index is -0.381. The first-order valence-corrected chi connectivity index (χ1v) is 10.1. The summed E-state index contributed by atoms with van der Waals surface area (Å²) in [5.74, 6) is 2.48. The minimum absolute atomic E-state index is 0.0953. The lowest BCUT2D eigenvalue weighted by Gasteiger charge is -2.37. The topological polar surface area (TPSA) is 47.2 Å². The maximum Gasteiger partial charge on any atom is 0.246 e. The predicted octanol–water partition coefficient (Wildman–Crippen LogP) is 5.68. The molecule has 0 radical (unpaired) electrons. The minimum Gasteiger partial charge on any atom is -0.494 e. The molecule has 0 unspecified atom stereocenters. The molecular weight excluding hydrogens is 420 g/mol. The third-order valence-electron chi connectivity index (χ3n) is 5.04. The van der Waals surface area contributed by atoms with Gasteiger partial charge in [0.25, 0.3) is 0 Å².